The highest BCUT2D eigenvalue weighted by Crippen LogP contribution is 2.76. The molecule has 0 aromatic carbocycles. The van der Waals surface area contributed by atoms with E-state index in [4.69, 9.17) is 47.4 Å². The molecule has 0 amide bonds. The lowest BCUT2D eigenvalue weighted by Crippen LogP contribution is -2.66. The maximum atomic E-state index is 15.2. The van der Waals surface area contributed by atoms with Gasteiger partial charge in [0.1, 0.15) is 110 Å². The average Bonchev–Trinajstić information content (AvgIpc) is 0.699. The lowest BCUT2D eigenvalue weighted by molar-refractivity contribution is -0.367. The predicted molar refractivity (Wildman–Crippen MR) is 288 cm³/mol. The van der Waals surface area contributed by atoms with Gasteiger partial charge >= 0.3 is 5.97 Å². The fourth-order valence-corrected chi connectivity index (χ4v) is 17.6. The third-order valence-corrected chi connectivity index (χ3v) is 23.1. The van der Waals surface area contributed by atoms with Gasteiger partial charge in [-0.05, 0) is 116 Å². The van der Waals surface area contributed by atoms with Gasteiger partial charge < -0.3 is 124 Å². The Morgan fingerprint density at radius 2 is 1.13 bits per heavy atom. The molecule has 0 radical (unpaired) electrons. The standard InChI is InChI=1S/C59H96O26/c1-24-34(63)38(67)42(71)49(78-24)83-46-29(21-61)80-48(45(74)41(46)70)77-23-30-37(66)40(69)44(73)51(81-30)85-53(75)59-17-15-54(2,3)19-26(59)25-9-10-32-56(6)13-12-33(55(4,5)31(56)11-14-58(32,8)57(25,7)16-18-59)82-52-47(35(64)27(62)22-76-52)84-50-43(72)39(68)36(65)28(20-60)79-50/h9,24,26-52,60-74H,10-23H2,1-8H3/t24-,26-,27-,28+,29+,30+,31-,32+,33-,34-,35-,36+,37+,38+,39-,40-,41+,42+,43+,44+,45+,46+,47+,48+,49+,50-,51-,52-,56-,57+,58+,59-/m0/s1. The Hall–Kier alpha value is -1.75. The molecule has 9 fully saturated rings. The minimum Gasteiger partial charge on any atom is -0.432 e. The number of allylic oxidation sites excluding steroid dienone is 2. The number of aliphatic hydroxyl groups is 15. The number of rotatable bonds is 13. The van der Waals surface area contributed by atoms with Crippen molar-refractivity contribution in [3.63, 3.8) is 0 Å². The number of hydrogen-bond acceptors (Lipinski definition) is 26. The molecule has 0 bridgehead atoms. The van der Waals surface area contributed by atoms with Crippen molar-refractivity contribution in [2.24, 2.45) is 50.2 Å². The Bertz CT molecular complexity index is 2360. The molecular formula is C59H96O26. The summed E-state index contributed by atoms with van der Waals surface area (Å²) in [4.78, 5) is 15.2. The van der Waals surface area contributed by atoms with Crippen molar-refractivity contribution in [2.75, 3.05) is 26.4 Å². The highest BCUT2D eigenvalue weighted by Gasteiger charge is 2.70. The second-order valence-corrected chi connectivity index (χ2v) is 28.7. The molecule has 5 saturated heterocycles. The SMILES string of the molecule is C[C@@H]1O[C@H](O[C@H]2[C@H](O)[C@@H](O)[C@H](OC[C@H]3O[C@@H](OC(=O)[C@]45CCC(C)(C)C[C@H]4C4=CC[C@@H]6[C@@]7(C)CC[C@H](O[C@@H]8OC[C@H](O)[C@H](O)[C@H]8O[C@@H]8O[C@H](CO)[C@@H](O)[C@H](O)[C@H]8O)C(C)(C)[C@@H]7CC[C@@]6(C)[C@]4(C)CC5)[C@H](O)[C@@H](O)[C@@H]3O)O[C@@H]2CO)[C@H](O)[C@H](O)[C@H]1O. The van der Waals surface area contributed by atoms with Crippen LogP contribution in [0.5, 0.6) is 0 Å². The zero-order chi connectivity index (χ0) is 62.0. The normalized spacial score (nSPS) is 54.1. The first-order chi connectivity index (χ1) is 39.8. The van der Waals surface area contributed by atoms with Gasteiger partial charge in [-0.15, -0.1) is 0 Å². The Morgan fingerprint density at radius 1 is 0.553 bits per heavy atom. The molecule has 26 heteroatoms. The van der Waals surface area contributed by atoms with Gasteiger partial charge in [-0.2, -0.15) is 0 Å². The van der Waals surface area contributed by atoms with Gasteiger partial charge in [0.15, 0.2) is 25.2 Å². The maximum Gasteiger partial charge on any atom is 0.315 e. The van der Waals surface area contributed by atoms with Crippen LogP contribution < -0.4 is 0 Å². The quantitative estimate of drug-likeness (QED) is 0.0513. The summed E-state index contributed by atoms with van der Waals surface area (Å²) < 4.78 is 59.4. The molecule has 10 rings (SSSR count). The smallest absolute Gasteiger partial charge is 0.315 e. The maximum absolute atomic E-state index is 15.2. The van der Waals surface area contributed by atoms with Crippen LogP contribution in [-0.4, -0.2) is 263 Å². The molecule has 85 heavy (non-hydrogen) atoms. The summed E-state index contributed by atoms with van der Waals surface area (Å²) in [6, 6.07) is 0. The monoisotopic (exact) mass is 1220 g/mol. The van der Waals surface area contributed by atoms with E-state index in [0.29, 0.717) is 38.5 Å². The van der Waals surface area contributed by atoms with Gasteiger partial charge in [0.2, 0.25) is 6.29 Å². The van der Waals surface area contributed by atoms with Crippen molar-refractivity contribution in [1.82, 2.24) is 0 Å². The van der Waals surface area contributed by atoms with Crippen LogP contribution in [0, 0.1) is 50.2 Å². The molecule has 5 aliphatic carbocycles. The average molecular weight is 1220 g/mol. The minimum absolute atomic E-state index is 0.141. The third-order valence-electron chi connectivity index (χ3n) is 23.1. The lowest BCUT2D eigenvalue weighted by Gasteiger charge is -2.71. The largest absolute Gasteiger partial charge is 0.432 e. The lowest BCUT2D eigenvalue weighted by atomic mass is 9.33. The summed E-state index contributed by atoms with van der Waals surface area (Å²) in [6.07, 6.45) is -29.5. The fraction of sp³-hybridized carbons (Fsp3) is 0.949. The van der Waals surface area contributed by atoms with Gasteiger partial charge in [-0.3, -0.25) is 4.79 Å². The molecule has 488 valence electrons. The topological polar surface area (TPSA) is 413 Å². The molecule has 32 atom stereocenters. The highest BCUT2D eigenvalue weighted by molar-refractivity contribution is 5.79. The zero-order valence-corrected chi connectivity index (χ0v) is 49.8. The Kier molecular flexibility index (Phi) is 19.0. The van der Waals surface area contributed by atoms with E-state index in [2.05, 4.69) is 54.5 Å². The van der Waals surface area contributed by atoms with Crippen molar-refractivity contribution >= 4 is 5.97 Å². The van der Waals surface area contributed by atoms with Crippen molar-refractivity contribution in [2.45, 2.75) is 273 Å². The number of carbonyl (C=O) groups is 1. The Balaban J connectivity index is 0.824. The molecule has 0 aromatic heterocycles. The first kappa shape index (κ1) is 66.2. The van der Waals surface area contributed by atoms with E-state index in [9.17, 15) is 76.6 Å². The second kappa shape index (κ2) is 24.4. The van der Waals surface area contributed by atoms with Gasteiger partial charge in [0.25, 0.3) is 0 Å². The van der Waals surface area contributed by atoms with Crippen LogP contribution in [-0.2, 0) is 52.2 Å². The number of aliphatic hydroxyl groups excluding tert-OH is 15. The molecule has 0 unspecified atom stereocenters. The van der Waals surface area contributed by atoms with E-state index in [1.165, 1.54) is 12.5 Å². The van der Waals surface area contributed by atoms with Crippen LogP contribution in [0.3, 0.4) is 0 Å². The summed E-state index contributed by atoms with van der Waals surface area (Å²) in [5.74, 6) is -0.520. The van der Waals surface area contributed by atoms with Crippen molar-refractivity contribution < 1.29 is 129 Å². The highest BCUT2D eigenvalue weighted by atomic mass is 16.8. The first-order valence-corrected chi connectivity index (χ1v) is 30.6. The van der Waals surface area contributed by atoms with Crippen LogP contribution in [0.15, 0.2) is 11.6 Å². The van der Waals surface area contributed by atoms with E-state index in [-0.39, 0.29) is 46.0 Å². The Labute approximate surface area is 494 Å². The molecule has 0 aromatic rings. The van der Waals surface area contributed by atoms with Crippen LogP contribution in [0.1, 0.15) is 120 Å². The number of hydrogen-bond donors (Lipinski definition) is 15. The molecule has 10 aliphatic rings. The van der Waals surface area contributed by atoms with Crippen LogP contribution >= 0.6 is 0 Å². The van der Waals surface area contributed by atoms with Crippen LogP contribution in [0.25, 0.3) is 0 Å². The van der Waals surface area contributed by atoms with E-state index < -0.39 is 190 Å². The number of ether oxygens (including phenoxy) is 10. The van der Waals surface area contributed by atoms with Crippen LogP contribution in [0.2, 0.25) is 0 Å². The molecule has 4 saturated carbocycles. The van der Waals surface area contributed by atoms with E-state index in [1.807, 2.05) is 0 Å². The number of fused-ring (bicyclic) bond motifs is 7. The summed E-state index contributed by atoms with van der Waals surface area (Å²) >= 11 is 0. The third kappa shape index (κ3) is 11.2. The molecule has 15 N–H and O–H groups in total. The second-order valence-electron chi connectivity index (χ2n) is 28.7. The summed E-state index contributed by atoms with van der Waals surface area (Å²) in [7, 11) is 0. The molecular weight excluding hydrogens is 1120 g/mol. The van der Waals surface area contributed by atoms with Gasteiger partial charge in [0.05, 0.1) is 44.1 Å². The van der Waals surface area contributed by atoms with Crippen molar-refractivity contribution in [3.8, 4) is 0 Å². The van der Waals surface area contributed by atoms with Gasteiger partial charge in [-0.1, -0.05) is 60.1 Å². The summed E-state index contributed by atoms with van der Waals surface area (Å²) in [5, 5.41) is 161. The van der Waals surface area contributed by atoms with Crippen molar-refractivity contribution in [1.29, 1.82) is 0 Å². The van der Waals surface area contributed by atoms with E-state index in [0.717, 1.165) is 25.7 Å². The van der Waals surface area contributed by atoms with Gasteiger partial charge in [0, 0.05) is 0 Å². The van der Waals surface area contributed by atoms with Gasteiger partial charge in [-0.25, -0.2) is 0 Å². The van der Waals surface area contributed by atoms with E-state index in [1.54, 1.807) is 0 Å². The number of esters is 1. The zero-order valence-electron chi connectivity index (χ0n) is 49.8. The van der Waals surface area contributed by atoms with Crippen LogP contribution in [0.4, 0.5) is 0 Å². The summed E-state index contributed by atoms with van der Waals surface area (Å²) in [5.41, 5.74) is -1.25. The minimum atomic E-state index is -1.89. The van der Waals surface area contributed by atoms with E-state index >= 15 is 4.79 Å². The fourth-order valence-electron chi connectivity index (χ4n) is 17.6. The molecule has 5 heterocycles. The predicted octanol–water partition coefficient (Wildman–Crippen LogP) is -2.54. The molecule has 26 nitrogen and oxygen atoms in total. The Morgan fingerprint density at radius 3 is 1.80 bits per heavy atom. The summed E-state index contributed by atoms with van der Waals surface area (Å²) in [6.45, 7) is 15.0. The first-order valence-electron chi connectivity index (χ1n) is 30.6. The molecule has 0 spiro atoms. The van der Waals surface area contributed by atoms with Crippen molar-refractivity contribution in [3.05, 3.63) is 11.6 Å². The number of carbonyl (C=O) groups excluding carboxylic acids is 1. The molecule has 5 aliphatic heterocycles.